The molecule has 39 heavy (non-hydrogen) atoms. The summed E-state index contributed by atoms with van der Waals surface area (Å²) in [4.78, 5) is 30.2. The monoisotopic (exact) mass is 563 g/mol. The van der Waals surface area contributed by atoms with Crippen LogP contribution < -0.4 is 10.2 Å². The summed E-state index contributed by atoms with van der Waals surface area (Å²) in [6.45, 7) is 11.6. The standard InChI is InChI=1S/C32H35Cl2N3O2/c1-31(2)14-15-32(3,4)25-20-23(12-13-24(25)31)35-29(38)21-8-10-22(11-9-21)30(39)37-18-16-36(17-19-37)27-7-5-6-26(33)28(27)34/h5-13,20H,14-19H2,1-4H3,(H,35,38). The smallest absolute Gasteiger partial charge is 0.255 e. The van der Waals surface area contributed by atoms with Crippen LogP contribution in [0.1, 0.15) is 72.4 Å². The molecule has 0 radical (unpaired) electrons. The molecule has 5 rings (SSSR count). The Hall–Kier alpha value is -3.02. The van der Waals surface area contributed by atoms with Gasteiger partial charge >= 0.3 is 0 Å². The third-order valence-corrected chi connectivity index (χ3v) is 9.15. The highest BCUT2D eigenvalue weighted by molar-refractivity contribution is 6.43. The lowest BCUT2D eigenvalue weighted by molar-refractivity contribution is 0.0746. The number of benzene rings is 3. The second kappa shape index (κ2) is 10.5. The predicted octanol–water partition coefficient (Wildman–Crippen LogP) is 7.56. The van der Waals surface area contributed by atoms with Crippen LogP contribution in [0, 0.1) is 0 Å². The van der Waals surface area contributed by atoms with Crippen molar-refractivity contribution in [3.63, 3.8) is 0 Å². The number of halogens is 2. The van der Waals surface area contributed by atoms with Crippen molar-refractivity contribution in [2.24, 2.45) is 0 Å². The zero-order valence-electron chi connectivity index (χ0n) is 23.0. The molecule has 0 saturated carbocycles. The van der Waals surface area contributed by atoms with Crippen LogP contribution in [0.4, 0.5) is 11.4 Å². The van der Waals surface area contributed by atoms with E-state index in [4.69, 9.17) is 23.2 Å². The fourth-order valence-corrected chi connectivity index (χ4v) is 6.12. The van der Waals surface area contributed by atoms with Gasteiger partial charge in [-0.05, 0) is 83.3 Å². The van der Waals surface area contributed by atoms with E-state index in [1.54, 1.807) is 30.3 Å². The molecule has 3 aromatic carbocycles. The average molecular weight is 565 g/mol. The molecule has 1 fully saturated rings. The molecule has 7 heteroatoms. The summed E-state index contributed by atoms with van der Waals surface area (Å²) >= 11 is 12.6. The highest BCUT2D eigenvalue weighted by atomic mass is 35.5. The van der Waals surface area contributed by atoms with Crippen LogP contribution in [-0.4, -0.2) is 42.9 Å². The van der Waals surface area contributed by atoms with E-state index in [0.717, 1.165) is 24.2 Å². The molecule has 1 heterocycles. The molecular formula is C32H35Cl2N3O2. The summed E-state index contributed by atoms with van der Waals surface area (Å²) in [5, 5.41) is 4.12. The summed E-state index contributed by atoms with van der Waals surface area (Å²) in [7, 11) is 0. The number of rotatable bonds is 4. The molecule has 1 aliphatic heterocycles. The first-order valence-electron chi connectivity index (χ1n) is 13.5. The van der Waals surface area contributed by atoms with Crippen LogP contribution in [0.15, 0.2) is 60.7 Å². The van der Waals surface area contributed by atoms with Gasteiger partial charge in [0.1, 0.15) is 0 Å². The van der Waals surface area contributed by atoms with Crippen molar-refractivity contribution < 1.29 is 9.59 Å². The van der Waals surface area contributed by atoms with E-state index in [0.29, 0.717) is 47.4 Å². The van der Waals surface area contributed by atoms with Crippen LogP contribution in [0.25, 0.3) is 0 Å². The molecule has 0 bridgehead atoms. The Morgan fingerprint density at radius 1 is 0.769 bits per heavy atom. The summed E-state index contributed by atoms with van der Waals surface area (Å²) in [5.74, 6) is -0.229. The molecule has 1 saturated heterocycles. The molecule has 1 N–H and O–H groups in total. The molecule has 3 aromatic rings. The number of hydrogen-bond donors (Lipinski definition) is 1. The second-order valence-corrected chi connectivity index (χ2v) is 12.7. The van der Waals surface area contributed by atoms with Crippen molar-refractivity contribution in [1.29, 1.82) is 0 Å². The number of carbonyl (C=O) groups is 2. The van der Waals surface area contributed by atoms with Gasteiger partial charge in [-0.15, -0.1) is 0 Å². The fraction of sp³-hybridized carbons (Fsp3) is 0.375. The Bertz CT molecular complexity index is 1410. The summed E-state index contributed by atoms with van der Waals surface area (Å²) in [5.41, 5.74) is 5.62. The lowest BCUT2D eigenvalue weighted by Crippen LogP contribution is -2.48. The SMILES string of the molecule is CC1(C)CCC(C)(C)c2cc(NC(=O)c3ccc(C(=O)N4CCN(c5cccc(Cl)c5Cl)CC4)cc3)ccc21. The Morgan fingerprint density at radius 2 is 1.38 bits per heavy atom. The second-order valence-electron chi connectivity index (χ2n) is 11.9. The minimum absolute atomic E-state index is 0.0432. The zero-order chi connectivity index (χ0) is 27.9. The summed E-state index contributed by atoms with van der Waals surface area (Å²) < 4.78 is 0. The van der Waals surface area contributed by atoms with Gasteiger partial charge in [-0.1, -0.05) is 63.0 Å². The minimum atomic E-state index is -0.186. The molecular weight excluding hydrogens is 529 g/mol. The van der Waals surface area contributed by atoms with Crippen molar-refractivity contribution in [3.05, 3.63) is 93.0 Å². The molecule has 0 spiro atoms. The first-order chi connectivity index (χ1) is 18.5. The van der Waals surface area contributed by atoms with E-state index < -0.39 is 0 Å². The van der Waals surface area contributed by atoms with E-state index in [1.165, 1.54) is 11.1 Å². The van der Waals surface area contributed by atoms with E-state index in [1.807, 2.05) is 23.1 Å². The maximum atomic E-state index is 13.1. The van der Waals surface area contributed by atoms with Crippen molar-refractivity contribution >= 4 is 46.4 Å². The first kappa shape index (κ1) is 27.5. The molecule has 204 valence electrons. The lowest BCUT2D eigenvalue weighted by Gasteiger charge is -2.42. The van der Waals surface area contributed by atoms with Gasteiger partial charge in [0.05, 0.1) is 15.7 Å². The van der Waals surface area contributed by atoms with Crippen molar-refractivity contribution in [3.8, 4) is 0 Å². The highest BCUT2D eigenvalue weighted by Crippen LogP contribution is 2.46. The fourth-order valence-electron chi connectivity index (χ4n) is 5.70. The normalized spacial score (nSPS) is 17.9. The minimum Gasteiger partial charge on any atom is -0.367 e. The lowest BCUT2D eigenvalue weighted by atomic mass is 9.63. The Labute approximate surface area is 241 Å². The van der Waals surface area contributed by atoms with Gasteiger partial charge in [0.2, 0.25) is 0 Å². The number of piperazine rings is 1. The molecule has 2 amide bonds. The zero-order valence-corrected chi connectivity index (χ0v) is 24.5. The van der Waals surface area contributed by atoms with Crippen LogP contribution in [0.5, 0.6) is 0 Å². The van der Waals surface area contributed by atoms with Gasteiger partial charge in [0, 0.05) is 43.0 Å². The Morgan fingerprint density at radius 3 is 2.05 bits per heavy atom. The topological polar surface area (TPSA) is 52.7 Å². The van der Waals surface area contributed by atoms with Gasteiger partial charge in [-0.2, -0.15) is 0 Å². The van der Waals surface area contributed by atoms with Gasteiger partial charge in [-0.25, -0.2) is 0 Å². The van der Waals surface area contributed by atoms with E-state index in [2.05, 4.69) is 50.0 Å². The number of nitrogens with one attached hydrogen (secondary N) is 1. The number of amides is 2. The number of hydrogen-bond acceptors (Lipinski definition) is 3. The van der Waals surface area contributed by atoms with Crippen LogP contribution in [0.3, 0.4) is 0 Å². The Balaban J connectivity index is 1.22. The van der Waals surface area contributed by atoms with Gasteiger partial charge in [-0.3, -0.25) is 9.59 Å². The molecule has 5 nitrogen and oxygen atoms in total. The molecule has 2 aliphatic rings. The van der Waals surface area contributed by atoms with E-state index in [-0.39, 0.29) is 22.6 Å². The third kappa shape index (κ3) is 5.53. The highest BCUT2D eigenvalue weighted by Gasteiger charge is 2.37. The Kier molecular flexibility index (Phi) is 7.43. The largest absolute Gasteiger partial charge is 0.367 e. The maximum Gasteiger partial charge on any atom is 0.255 e. The van der Waals surface area contributed by atoms with E-state index >= 15 is 0 Å². The van der Waals surface area contributed by atoms with Crippen molar-refractivity contribution in [2.45, 2.75) is 51.4 Å². The first-order valence-corrected chi connectivity index (χ1v) is 14.3. The molecule has 0 unspecified atom stereocenters. The molecule has 1 aliphatic carbocycles. The van der Waals surface area contributed by atoms with E-state index in [9.17, 15) is 9.59 Å². The van der Waals surface area contributed by atoms with Crippen molar-refractivity contribution in [2.75, 3.05) is 36.4 Å². The summed E-state index contributed by atoms with van der Waals surface area (Å²) in [6.07, 6.45) is 2.26. The van der Waals surface area contributed by atoms with Gasteiger partial charge in [0.15, 0.2) is 0 Å². The van der Waals surface area contributed by atoms with Crippen LogP contribution in [0.2, 0.25) is 10.0 Å². The molecule has 0 atom stereocenters. The van der Waals surface area contributed by atoms with Crippen molar-refractivity contribution in [1.82, 2.24) is 4.90 Å². The van der Waals surface area contributed by atoms with Gasteiger partial charge < -0.3 is 15.1 Å². The number of nitrogens with zero attached hydrogens (tertiary/aromatic N) is 2. The maximum absolute atomic E-state index is 13.1. The number of fused-ring (bicyclic) bond motifs is 1. The van der Waals surface area contributed by atoms with Crippen LogP contribution in [-0.2, 0) is 10.8 Å². The average Bonchev–Trinajstić information content (AvgIpc) is 2.93. The van der Waals surface area contributed by atoms with Gasteiger partial charge in [0.25, 0.3) is 11.8 Å². The predicted molar refractivity (Wildman–Crippen MR) is 161 cm³/mol. The number of anilines is 2. The van der Waals surface area contributed by atoms with Crippen LogP contribution >= 0.6 is 23.2 Å². The quantitative estimate of drug-likeness (QED) is 0.356. The third-order valence-electron chi connectivity index (χ3n) is 8.34. The summed E-state index contributed by atoms with van der Waals surface area (Å²) in [6, 6.07) is 18.8. The number of carbonyl (C=O) groups excluding carboxylic acids is 2. The molecule has 0 aromatic heterocycles.